The molecule has 1 aliphatic heterocycles. The van der Waals surface area contributed by atoms with E-state index in [1.165, 1.54) is 11.3 Å². The van der Waals surface area contributed by atoms with Crippen LogP contribution in [0.2, 0.25) is 0 Å². The predicted octanol–water partition coefficient (Wildman–Crippen LogP) is 0.777. The Kier molecular flexibility index (Phi) is 3.99. The quantitative estimate of drug-likeness (QED) is 0.876. The first kappa shape index (κ1) is 13.5. The molecule has 0 unspecified atom stereocenters. The van der Waals surface area contributed by atoms with Crippen molar-refractivity contribution in [2.24, 2.45) is 11.1 Å². The highest BCUT2D eigenvalue weighted by Crippen LogP contribution is 2.28. The van der Waals surface area contributed by atoms with E-state index in [-0.39, 0.29) is 11.3 Å². The average molecular weight is 268 g/mol. The van der Waals surface area contributed by atoms with Crippen LogP contribution in [0.4, 0.5) is 5.13 Å². The highest BCUT2D eigenvalue weighted by Gasteiger charge is 2.33. The molecule has 2 N–H and O–H groups in total. The zero-order valence-electron chi connectivity index (χ0n) is 10.9. The number of carbonyl (C=O) groups is 1. The minimum absolute atomic E-state index is 0.0891. The summed E-state index contributed by atoms with van der Waals surface area (Å²) >= 11 is 1.48. The average Bonchev–Trinajstić information content (AvgIpc) is 2.99. The van der Waals surface area contributed by atoms with E-state index < -0.39 is 0 Å². The first-order valence-corrected chi connectivity index (χ1v) is 7.00. The first-order valence-electron chi connectivity index (χ1n) is 6.12. The molecule has 0 aliphatic carbocycles. The Balaban J connectivity index is 1.89. The molecule has 18 heavy (non-hydrogen) atoms. The molecule has 0 radical (unpaired) electrons. The molecule has 100 valence electrons. The molecule has 1 aliphatic rings. The number of aromatic nitrogens is 1. The van der Waals surface area contributed by atoms with Gasteiger partial charge in [-0.2, -0.15) is 0 Å². The molecule has 1 saturated heterocycles. The molecule has 1 aromatic rings. The van der Waals surface area contributed by atoms with Gasteiger partial charge in [0.2, 0.25) is 5.91 Å². The number of carbonyl (C=O) groups excluding carboxylic acids is 1. The van der Waals surface area contributed by atoms with Gasteiger partial charge in [-0.15, -0.1) is 11.3 Å². The van der Waals surface area contributed by atoms with Crippen LogP contribution in [-0.4, -0.2) is 49.0 Å². The van der Waals surface area contributed by atoms with E-state index in [1.807, 2.05) is 5.38 Å². The summed E-state index contributed by atoms with van der Waals surface area (Å²) in [5.41, 5.74) is 5.93. The van der Waals surface area contributed by atoms with E-state index >= 15 is 0 Å². The summed E-state index contributed by atoms with van der Waals surface area (Å²) in [5, 5.41) is 2.63. The van der Waals surface area contributed by atoms with Crippen LogP contribution < -0.4 is 10.6 Å². The van der Waals surface area contributed by atoms with Crippen LogP contribution >= 0.6 is 11.3 Å². The van der Waals surface area contributed by atoms with E-state index in [4.69, 9.17) is 5.73 Å². The minimum atomic E-state index is 0.0891. The second-order valence-corrected chi connectivity index (χ2v) is 6.12. The van der Waals surface area contributed by atoms with E-state index in [0.29, 0.717) is 13.1 Å². The fourth-order valence-electron chi connectivity index (χ4n) is 2.21. The standard InChI is InChI=1S/C12H20N4OS/c1-12(8-13)3-5-16(9-12)7-10(17)15(2)11-14-4-6-18-11/h4,6H,3,5,7-9,13H2,1-2H3/t12-/m1/s1. The normalized spacial score (nSPS) is 24.4. The van der Waals surface area contributed by atoms with E-state index in [1.54, 1.807) is 18.1 Å². The Bertz CT molecular complexity index is 408. The fraction of sp³-hybridized carbons (Fsp3) is 0.667. The van der Waals surface area contributed by atoms with Crippen LogP contribution in [0.1, 0.15) is 13.3 Å². The number of anilines is 1. The van der Waals surface area contributed by atoms with Gasteiger partial charge in [0.05, 0.1) is 6.54 Å². The SMILES string of the molecule is CN(C(=O)CN1CC[C@](C)(CN)C1)c1nccs1. The fourth-order valence-corrected chi connectivity index (χ4v) is 2.84. The third kappa shape index (κ3) is 2.88. The largest absolute Gasteiger partial charge is 0.330 e. The highest BCUT2D eigenvalue weighted by molar-refractivity contribution is 7.13. The van der Waals surface area contributed by atoms with Gasteiger partial charge in [-0.05, 0) is 24.9 Å². The third-order valence-electron chi connectivity index (χ3n) is 3.57. The van der Waals surface area contributed by atoms with Crippen molar-refractivity contribution >= 4 is 22.4 Å². The number of hydrogen-bond acceptors (Lipinski definition) is 5. The molecule has 0 spiro atoms. The summed E-state index contributed by atoms with van der Waals surface area (Å²) in [7, 11) is 1.78. The molecule has 5 nitrogen and oxygen atoms in total. The van der Waals surface area contributed by atoms with Gasteiger partial charge < -0.3 is 5.73 Å². The number of rotatable bonds is 4. The number of likely N-dealkylation sites (tertiary alicyclic amines) is 1. The van der Waals surface area contributed by atoms with Crippen molar-refractivity contribution in [3.63, 3.8) is 0 Å². The predicted molar refractivity (Wildman–Crippen MR) is 73.7 cm³/mol. The lowest BCUT2D eigenvalue weighted by Gasteiger charge is -2.23. The molecule has 1 fully saturated rings. The lowest BCUT2D eigenvalue weighted by molar-refractivity contribution is -0.119. The monoisotopic (exact) mass is 268 g/mol. The molecule has 2 heterocycles. The van der Waals surface area contributed by atoms with Gasteiger partial charge in [-0.3, -0.25) is 14.6 Å². The molecule has 0 bridgehead atoms. The zero-order valence-corrected chi connectivity index (χ0v) is 11.7. The number of likely N-dealkylation sites (N-methyl/N-ethyl adjacent to an activating group) is 1. The summed E-state index contributed by atoms with van der Waals surface area (Å²) in [6.45, 7) is 5.17. The maximum Gasteiger partial charge on any atom is 0.242 e. The van der Waals surface area contributed by atoms with E-state index in [2.05, 4.69) is 16.8 Å². The Morgan fingerprint density at radius 3 is 3.06 bits per heavy atom. The Morgan fingerprint density at radius 1 is 1.72 bits per heavy atom. The van der Waals surface area contributed by atoms with Crippen molar-refractivity contribution in [3.05, 3.63) is 11.6 Å². The number of nitrogens with zero attached hydrogens (tertiary/aromatic N) is 3. The van der Waals surface area contributed by atoms with Crippen molar-refractivity contribution in [3.8, 4) is 0 Å². The number of thiazole rings is 1. The summed E-state index contributed by atoms with van der Waals surface area (Å²) in [6.07, 6.45) is 2.78. The maximum absolute atomic E-state index is 12.1. The van der Waals surface area contributed by atoms with Crippen molar-refractivity contribution in [1.29, 1.82) is 0 Å². The number of nitrogens with two attached hydrogens (primary N) is 1. The first-order chi connectivity index (χ1) is 8.54. The van der Waals surface area contributed by atoms with E-state index in [9.17, 15) is 4.79 Å². The summed E-state index contributed by atoms with van der Waals surface area (Å²) in [4.78, 5) is 20.1. The van der Waals surface area contributed by atoms with Crippen molar-refractivity contribution in [2.75, 3.05) is 38.1 Å². The molecule has 1 aromatic heterocycles. The number of amides is 1. The zero-order chi connectivity index (χ0) is 13.2. The summed E-state index contributed by atoms with van der Waals surface area (Å²) in [6, 6.07) is 0. The lowest BCUT2D eigenvalue weighted by Crippen LogP contribution is -2.39. The maximum atomic E-state index is 12.1. The van der Waals surface area contributed by atoms with Crippen LogP contribution in [0.15, 0.2) is 11.6 Å². The third-order valence-corrected chi connectivity index (χ3v) is 4.42. The van der Waals surface area contributed by atoms with Crippen LogP contribution in [0.5, 0.6) is 0 Å². The minimum Gasteiger partial charge on any atom is -0.330 e. The smallest absolute Gasteiger partial charge is 0.242 e. The Hall–Kier alpha value is -0.980. The molecular formula is C12H20N4OS. The molecule has 6 heteroatoms. The van der Waals surface area contributed by atoms with Gasteiger partial charge in [-0.25, -0.2) is 4.98 Å². The van der Waals surface area contributed by atoms with Crippen molar-refractivity contribution in [2.45, 2.75) is 13.3 Å². The Morgan fingerprint density at radius 2 is 2.50 bits per heavy atom. The van der Waals surface area contributed by atoms with E-state index in [0.717, 1.165) is 24.6 Å². The van der Waals surface area contributed by atoms with Gasteiger partial charge in [0, 0.05) is 25.2 Å². The molecule has 0 saturated carbocycles. The van der Waals surface area contributed by atoms with Gasteiger partial charge >= 0.3 is 0 Å². The van der Waals surface area contributed by atoms with Crippen LogP contribution in [0.3, 0.4) is 0 Å². The molecule has 0 aromatic carbocycles. The van der Waals surface area contributed by atoms with Crippen LogP contribution in [0.25, 0.3) is 0 Å². The molecule has 1 amide bonds. The lowest BCUT2D eigenvalue weighted by atomic mass is 9.90. The second kappa shape index (κ2) is 5.34. The van der Waals surface area contributed by atoms with Gasteiger partial charge in [0.1, 0.15) is 0 Å². The molecular weight excluding hydrogens is 248 g/mol. The van der Waals surface area contributed by atoms with Crippen molar-refractivity contribution in [1.82, 2.24) is 9.88 Å². The molecule has 1 atom stereocenters. The highest BCUT2D eigenvalue weighted by atomic mass is 32.1. The second-order valence-electron chi connectivity index (χ2n) is 5.24. The summed E-state index contributed by atoms with van der Waals surface area (Å²) < 4.78 is 0. The Labute approximate surface area is 112 Å². The number of hydrogen-bond donors (Lipinski definition) is 1. The van der Waals surface area contributed by atoms with Crippen molar-refractivity contribution < 1.29 is 4.79 Å². The summed E-state index contributed by atoms with van der Waals surface area (Å²) in [5.74, 6) is 0.0891. The van der Waals surface area contributed by atoms with Gasteiger partial charge in [-0.1, -0.05) is 6.92 Å². The molecule has 2 rings (SSSR count). The topological polar surface area (TPSA) is 62.5 Å². The van der Waals surface area contributed by atoms with Crippen LogP contribution in [-0.2, 0) is 4.79 Å². The van der Waals surface area contributed by atoms with Gasteiger partial charge in [0.15, 0.2) is 5.13 Å². The van der Waals surface area contributed by atoms with Gasteiger partial charge in [0.25, 0.3) is 0 Å². The van der Waals surface area contributed by atoms with Crippen LogP contribution in [0, 0.1) is 5.41 Å².